The van der Waals surface area contributed by atoms with E-state index in [-0.39, 0.29) is 11.8 Å². The van der Waals surface area contributed by atoms with Gasteiger partial charge >= 0.3 is 0 Å². The molecule has 0 aliphatic carbocycles. The second kappa shape index (κ2) is 9.32. The zero-order valence-electron chi connectivity index (χ0n) is 13.5. The Morgan fingerprint density at radius 1 is 1.25 bits per heavy atom. The standard InChI is InChI=1S/C15H31N3O2/c1-5-17(6-2)7-8-18(9-10-20-4)15(19)13(3)14-11-16-12-14/h13-14,16H,5-12H2,1-4H3. The summed E-state index contributed by atoms with van der Waals surface area (Å²) in [5.41, 5.74) is 0. The number of amides is 1. The van der Waals surface area contributed by atoms with E-state index in [4.69, 9.17) is 4.74 Å². The minimum Gasteiger partial charge on any atom is -0.383 e. The first kappa shape index (κ1) is 17.4. The van der Waals surface area contributed by atoms with Crippen molar-refractivity contribution in [1.82, 2.24) is 15.1 Å². The molecule has 1 rings (SSSR count). The van der Waals surface area contributed by atoms with Gasteiger partial charge in [-0.25, -0.2) is 0 Å². The van der Waals surface area contributed by atoms with Crippen LogP contribution in [0.25, 0.3) is 0 Å². The molecule has 1 saturated heterocycles. The summed E-state index contributed by atoms with van der Waals surface area (Å²) in [6.45, 7) is 13.4. The Morgan fingerprint density at radius 2 is 1.90 bits per heavy atom. The van der Waals surface area contributed by atoms with Crippen molar-refractivity contribution < 1.29 is 9.53 Å². The fraction of sp³-hybridized carbons (Fsp3) is 0.933. The van der Waals surface area contributed by atoms with Crippen LogP contribution in [-0.4, -0.2) is 75.2 Å². The first-order valence-electron chi connectivity index (χ1n) is 7.84. The average Bonchev–Trinajstić information content (AvgIpc) is 2.40. The van der Waals surface area contributed by atoms with Gasteiger partial charge in [0.15, 0.2) is 0 Å². The van der Waals surface area contributed by atoms with Crippen LogP contribution in [0.2, 0.25) is 0 Å². The summed E-state index contributed by atoms with van der Waals surface area (Å²) in [5.74, 6) is 0.895. The predicted octanol–water partition coefficient (Wildman–Crippen LogP) is 0.659. The maximum Gasteiger partial charge on any atom is 0.225 e. The lowest BCUT2D eigenvalue weighted by Gasteiger charge is -2.35. The molecular formula is C15H31N3O2. The van der Waals surface area contributed by atoms with Crippen molar-refractivity contribution in [2.24, 2.45) is 11.8 Å². The van der Waals surface area contributed by atoms with Gasteiger partial charge in [0.1, 0.15) is 0 Å². The van der Waals surface area contributed by atoms with Crippen molar-refractivity contribution in [2.45, 2.75) is 20.8 Å². The normalized spacial score (nSPS) is 17.1. The highest BCUT2D eigenvalue weighted by Gasteiger charge is 2.31. The Labute approximate surface area is 123 Å². The highest BCUT2D eigenvalue weighted by atomic mass is 16.5. The molecule has 1 atom stereocenters. The number of carbonyl (C=O) groups excluding carboxylic acids is 1. The number of rotatable bonds is 10. The van der Waals surface area contributed by atoms with Crippen molar-refractivity contribution in [2.75, 3.05) is 59.5 Å². The van der Waals surface area contributed by atoms with Crippen molar-refractivity contribution in [3.63, 3.8) is 0 Å². The molecule has 1 heterocycles. The maximum atomic E-state index is 12.6. The lowest BCUT2D eigenvalue weighted by Crippen LogP contribution is -2.51. The van der Waals surface area contributed by atoms with E-state index in [9.17, 15) is 4.79 Å². The molecule has 1 unspecified atom stereocenters. The van der Waals surface area contributed by atoms with Crippen LogP contribution >= 0.6 is 0 Å². The molecule has 1 aliphatic heterocycles. The Morgan fingerprint density at radius 3 is 2.35 bits per heavy atom. The second-order valence-corrected chi connectivity index (χ2v) is 5.55. The van der Waals surface area contributed by atoms with Crippen LogP contribution in [0.3, 0.4) is 0 Å². The number of carbonyl (C=O) groups is 1. The highest BCUT2D eigenvalue weighted by Crippen LogP contribution is 2.18. The molecule has 0 aromatic heterocycles. The number of nitrogens with one attached hydrogen (secondary N) is 1. The van der Waals surface area contributed by atoms with Gasteiger partial charge in [0.2, 0.25) is 5.91 Å². The molecule has 0 aromatic rings. The van der Waals surface area contributed by atoms with Crippen LogP contribution in [0.4, 0.5) is 0 Å². The number of hydrogen-bond acceptors (Lipinski definition) is 4. The molecule has 5 nitrogen and oxygen atoms in total. The van der Waals surface area contributed by atoms with E-state index in [1.807, 2.05) is 4.90 Å². The number of likely N-dealkylation sites (N-methyl/N-ethyl adjacent to an activating group) is 1. The topological polar surface area (TPSA) is 44.8 Å². The van der Waals surface area contributed by atoms with Gasteiger partial charge in [0.25, 0.3) is 0 Å². The van der Waals surface area contributed by atoms with Gasteiger partial charge in [0.05, 0.1) is 6.61 Å². The van der Waals surface area contributed by atoms with Crippen LogP contribution in [0, 0.1) is 11.8 Å². The Bertz CT molecular complexity index is 278. The van der Waals surface area contributed by atoms with Crippen molar-refractivity contribution in [1.29, 1.82) is 0 Å². The van der Waals surface area contributed by atoms with Crippen LogP contribution < -0.4 is 5.32 Å². The lowest BCUT2D eigenvalue weighted by molar-refractivity contribution is -0.138. The summed E-state index contributed by atoms with van der Waals surface area (Å²) in [6, 6.07) is 0. The van der Waals surface area contributed by atoms with E-state index < -0.39 is 0 Å². The van der Waals surface area contributed by atoms with Gasteiger partial charge in [-0.15, -0.1) is 0 Å². The molecule has 118 valence electrons. The Balaban J connectivity index is 2.50. The van der Waals surface area contributed by atoms with Crippen LogP contribution in [0.15, 0.2) is 0 Å². The molecule has 1 aliphatic rings. The Kier molecular flexibility index (Phi) is 8.11. The van der Waals surface area contributed by atoms with E-state index in [0.717, 1.165) is 39.3 Å². The average molecular weight is 285 g/mol. The molecule has 20 heavy (non-hydrogen) atoms. The first-order chi connectivity index (χ1) is 9.63. The molecule has 0 saturated carbocycles. The second-order valence-electron chi connectivity index (χ2n) is 5.55. The maximum absolute atomic E-state index is 12.6. The van der Waals surface area contributed by atoms with Crippen molar-refractivity contribution >= 4 is 5.91 Å². The lowest BCUT2D eigenvalue weighted by atomic mass is 9.88. The summed E-state index contributed by atoms with van der Waals surface area (Å²) in [7, 11) is 1.69. The van der Waals surface area contributed by atoms with Crippen molar-refractivity contribution in [3.8, 4) is 0 Å². The summed E-state index contributed by atoms with van der Waals surface area (Å²) in [6.07, 6.45) is 0. The summed E-state index contributed by atoms with van der Waals surface area (Å²) < 4.78 is 5.14. The predicted molar refractivity (Wildman–Crippen MR) is 81.8 cm³/mol. The largest absolute Gasteiger partial charge is 0.383 e. The molecule has 5 heteroatoms. The Hall–Kier alpha value is -0.650. The molecule has 1 fully saturated rings. The van der Waals surface area contributed by atoms with Gasteiger partial charge < -0.3 is 19.9 Å². The van der Waals surface area contributed by atoms with Crippen LogP contribution in [0.1, 0.15) is 20.8 Å². The van der Waals surface area contributed by atoms with E-state index in [1.54, 1.807) is 7.11 Å². The monoisotopic (exact) mass is 285 g/mol. The van der Waals surface area contributed by atoms with Crippen molar-refractivity contribution in [3.05, 3.63) is 0 Å². The third-order valence-corrected chi connectivity index (χ3v) is 4.37. The third kappa shape index (κ3) is 5.04. The summed E-state index contributed by atoms with van der Waals surface area (Å²) >= 11 is 0. The third-order valence-electron chi connectivity index (χ3n) is 4.37. The minimum absolute atomic E-state index is 0.116. The van der Waals surface area contributed by atoms with E-state index >= 15 is 0 Å². The van der Waals surface area contributed by atoms with E-state index in [0.29, 0.717) is 19.1 Å². The highest BCUT2D eigenvalue weighted by molar-refractivity contribution is 5.79. The number of ether oxygens (including phenoxy) is 1. The first-order valence-corrected chi connectivity index (χ1v) is 7.84. The van der Waals surface area contributed by atoms with Gasteiger partial charge in [-0.1, -0.05) is 20.8 Å². The van der Waals surface area contributed by atoms with Gasteiger partial charge in [0, 0.05) is 32.7 Å². The summed E-state index contributed by atoms with van der Waals surface area (Å²) in [5, 5.41) is 3.24. The van der Waals surface area contributed by atoms with Gasteiger partial charge in [-0.2, -0.15) is 0 Å². The zero-order chi connectivity index (χ0) is 15.0. The smallest absolute Gasteiger partial charge is 0.225 e. The SMILES string of the molecule is CCN(CC)CCN(CCOC)C(=O)C(C)C1CNC1. The van der Waals surface area contributed by atoms with Crippen LogP contribution in [0.5, 0.6) is 0 Å². The molecule has 0 bridgehead atoms. The molecular weight excluding hydrogens is 254 g/mol. The fourth-order valence-corrected chi connectivity index (χ4v) is 2.49. The van der Waals surface area contributed by atoms with E-state index in [1.165, 1.54) is 0 Å². The quantitative estimate of drug-likeness (QED) is 0.640. The number of nitrogens with zero attached hydrogens (tertiary/aromatic N) is 2. The summed E-state index contributed by atoms with van der Waals surface area (Å²) in [4.78, 5) is 16.9. The molecule has 0 aromatic carbocycles. The van der Waals surface area contributed by atoms with Gasteiger partial charge in [-0.3, -0.25) is 4.79 Å². The number of hydrogen-bond donors (Lipinski definition) is 1. The molecule has 0 spiro atoms. The molecule has 1 amide bonds. The number of methoxy groups -OCH3 is 1. The minimum atomic E-state index is 0.116. The molecule has 1 N–H and O–H groups in total. The van der Waals surface area contributed by atoms with E-state index in [2.05, 4.69) is 31.0 Å². The zero-order valence-corrected chi connectivity index (χ0v) is 13.5. The fourth-order valence-electron chi connectivity index (χ4n) is 2.49. The molecule has 0 radical (unpaired) electrons. The van der Waals surface area contributed by atoms with Gasteiger partial charge in [-0.05, 0) is 32.1 Å². The van der Waals surface area contributed by atoms with Crippen LogP contribution in [-0.2, 0) is 9.53 Å².